The van der Waals surface area contributed by atoms with Crippen molar-refractivity contribution in [3.63, 3.8) is 0 Å². The fraction of sp³-hybridized carbons (Fsp3) is 0.160. The topological polar surface area (TPSA) is 64.0 Å². The monoisotopic (exact) mass is 429 g/mol. The number of sulfonamides is 1. The number of hydrogen-bond donors (Lipinski definition) is 1. The van der Waals surface area contributed by atoms with E-state index in [0.29, 0.717) is 5.69 Å². The second-order valence-electron chi connectivity index (χ2n) is 7.99. The van der Waals surface area contributed by atoms with Crippen molar-refractivity contribution >= 4 is 26.5 Å². The number of anilines is 1. The fourth-order valence-corrected chi connectivity index (χ4v) is 4.89. The number of aryl methyl sites for hydroxylation is 1. The van der Waals surface area contributed by atoms with Crippen molar-refractivity contribution in [1.82, 2.24) is 9.78 Å². The lowest BCUT2D eigenvalue weighted by Gasteiger charge is -2.20. The summed E-state index contributed by atoms with van der Waals surface area (Å²) in [6.07, 6.45) is 7.45. The lowest BCUT2D eigenvalue weighted by atomic mass is 9.86. The van der Waals surface area contributed by atoms with Gasteiger partial charge in [0.2, 0.25) is 10.0 Å². The summed E-state index contributed by atoms with van der Waals surface area (Å²) in [5.74, 6) is 0. The van der Waals surface area contributed by atoms with Crippen molar-refractivity contribution in [2.45, 2.75) is 19.8 Å². The summed E-state index contributed by atoms with van der Waals surface area (Å²) in [6, 6.07) is 20.2. The number of nitrogens with zero attached hydrogens (tertiary/aromatic N) is 2. The zero-order valence-electron chi connectivity index (χ0n) is 17.5. The lowest BCUT2D eigenvalue weighted by Crippen LogP contribution is -2.09. The number of rotatable bonds is 4. The third kappa shape index (κ3) is 3.75. The number of allylic oxidation sites excluding steroid dienone is 2. The van der Waals surface area contributed by atoms with Crippen molar-refractivity contribution < 1.29 is 8.42 Å². The third-order valence-electron chi connectivity index (χ3n) is 5.58. The first-order chi connectivity index (χ1) is 14.9. The molecule has 0 saturated heterocycles. The van der Waals surface area contributed by atoms with Crippen LogP contribution < -0.4 is 4.72 Å². The maximum Gasteiger partial charge on any atom is 0.229 e. The third-order valence-corrected chi connectivity index (χ3v) is 6.18. The Morgan fingerprint density at radius 1 is 0.968 bits per heavy atom. The highest BCUT2D eigenvalue weighted by molar-refractivity contribution is 7.92. The van der Waals surface area contributed by atoms with Crippen LogP contribution in [0.3, 0.4) is 0 Å². The van der Waals surface area contributed by atoms with Gasteiger partial charge in [-0.3, -0.25) is 4.72 Å². The van der Waals surface area contributed by atoms with Crippen molar-refractivity contribution in [2.24, 2.45) is 0 Å². The van der Waals surface area contributed by atoms with Crippen molar-refractivity contribution in [2.75, 3.05) is 11.0 Å². The van der Waals surface area contributed by atoms with Crippen LogP contribution in [-0.4, -0.2) is 24.5 Å². The molecular weight excluding hydrogens is 406 g/mol. The number of hydrogen-bond acceptors (Lipinski definition) is 3. The summed E-state index contributed by atoms with van der Waals surface area (Å²) in [5.41, 5.74) is 7.31. The molecular formula is C25H23N3O2S. The van der Waals surface area contributed by atoms with Gasteiger partial charge in [-0.05, 0) is 72.0 Å². The van der Waals surface area contributed by atoms with Gasteiger partial charge in [0.15, 0.2) is 0 Å². The van der Waals surface area contributed by atoms with E-state index in [-0.39, 0.29) is 0 Å². The van der Waals surface area contributed by atoms with Crippen LogP contribution in [0.1, 0.15) is 16.8 Å². The summed E-state index contributed by atoms with van der Waals surface area (Å²) in [6.45, 7) is 2.00. The van der Waals surface area contributed by atoms with Crippen LogP contribution in [0.15, 0.2) is 72.8 Å². The van der Waals surface area contributed by atoms with Gasteiger partial charge in [0.25, 0.3) is 0 Å². The van der Waals surface area contributed by atoms with Gasteiger partial charge in [0.05, 0.1) is 23.3 Å². The normalized spacial score (nSPS) is 13.4. The molecule has 0 spiro atoms. The number of benzene rings is 3. The van der Waals surface area contributed by atoms with Gasteiger partial charge in [-0.15, -0.1) is 0 Å². The molecule has 31 heavy (non-hydrogen) atoms. The van der Waals surface area contributed by atoms with Crippen molar-refractivity contribution in [3.8, 4) is 16.9 Å². The molecule has 1 aromatic heterocycles. The van der Waals surface area contributed by atoms with Gasteiger partial charge in [-0.2, -0.15) is 5.10 Å². The van der Waals surface area contributed by atoms with E-state index in [9.17, 15) is 8.42 Å². The Bertz CT molecular complexity index is 1430. The van der Waals surface area contributed by atoms with E-state index in [4.69, 9.17) is 5.10 Å². The van der Waals surface area contributed by atoms with Crippen molar-refractivity contribution in [1.29, 1.82) is 0 Å². The Kier molecular flexibility index (Phi) is 4.67. The maximum atomic E-state index is 11.5. The molecule has 5 rings (SSSR count). The first-order valence-electron chi connectivity index (χ1n) is 10.2. The highest BCUT2D eigenvalue weighted by Gasteiger charge is 2.20. The van der Waals surface area contributed by atoms with Crippen LogP contribution in [-0.2, 0) is 22.9 Å². The minimum absolute atomic E-state index is 0.532. The van der Waals surface area contributed by atoms with Gasteiger partial charge in [-0.1, -0.05) is 42.5 Å². The molecule has 156 valence electrons. The van der Waals surface area contributed by atoms with Crippen LogP contribution in [0.25, 0.3) is 27.7 Å². The molecule has 0 unspecified atom stereocenters. The number of aromatic nitrogens is 2. The quantitative estimate of drug-likeness (QED) is 0.463. The molecule has 3 aromatic carbocycles. The van der Waals surface area contributed by atoms with Crippen LogP contribution in [0, 0.1) is 6.92 Å². The first kappa shape index (κ1) is 19.6. The summed E-state index contributed by atoms with van der Waals surface area (Å²) in [7, 11) is -3.32. The average molecular weight is 430 g/mol. The summed E-state index contributed by atoms with van der Waals surface area (Å²) < 4.78 is 27.5. The smallest absolute Gasteiger partial charge is 0.229 e. The second kappa shape index (κ2) is 7.39. The minimum atomic E-state index is -3.32. The summed E-state index contributed by atoms with van der Waals surface area (Å²) in [5, 5.41) is 7.22. The zero-order chi connectivity index (χ0) is 21.6. The van der Waals surface area contributed by atoms with E-state index >= 15 is 0 Å². The Labute approximate surface area is 182 Å². The maximum absolute atomic E-state index is 11.5. The molecule has 1 N–H and O–H groups in total. The van der Waals surface area contributed by atoms with E-state index < -0.39 is 10.0 Å². The summed E-state index contributed by atoms with van der Waals surface area (Å²) >= 11 is 0. The molecule has 1 aliphatic carbocycles. The molecule has 0 bridgehead atoms. The lowest BCUT2D eigenvalue weighted by molar-refractivity contribution is 0.607. The molecule has 1 aliphatic rings. The second-order valence-corrected chi connectivity index (χ2v) is 9.74. The van der Waals surface area contributed by atoms with Crippen LogP contribution in [0.4, 0.5) is 5.69 Å². The van der Waals surface area contributed by atoms with E-state index in [2.05, 4.69) is 53.3 Å². The van der Waals surface area contributed by atoms with Crippen LogP contribution >= 0.6 is 0 Å². The van der Waals surface area contributed by atoms with Gasteiger partial charge in [0.1, 0.15) is 0 Å². The van der Waals surface area contributed by atoms with E-state index in [1.165, 1.54) is 27.5 Å². The summed E-state index contributed by atoms with van der Waals surface area (Å²) in [4.78, 5) is 0. The van der Waals surface area contributed by atoms with E-state index in [0.717, 1.165) is 36.2 Å². The number of nitrogens with one attached hydrogen (secondary N) is 1. The Morgan fingerprint density at radius 3 is 2.48 bits per heavy atom. The first-order valence-corrected chi connectivity index (χ1v) is 12.1. The molecule has 0 fully saturated rings. The molecule has 5 nitrogen and oxygen atoms in total. The Morgan fingerprint density at radius 2 is 1.71 bits per heavy atom. The van der Waals surface area contributed by atoms with Crippen LogP contribution in [0.2, 0.25) is 0 Å². The van der Waals surface area contributed by atoms with Crippen LogP contribution in [0.5, 0.6) is 0 Å². The fourth-order valence-electron chi connectivity index (χ4n) is 4.33. The molecule has 0 atom stereocenters. The molecule has 6 heteroatoms. The van der Waals surface area contributed by atoms with Gasteiger partial charge in [-0.25, -0.2) is 13.1 Å². The molecule has 1 heterocycles. The molecule has 0 amide bonds. The predicted octanol–water partition coefficient (Wildman–Crippen LogP) is 5.03. The molecule has 4 aromatic rings. The van der Waals surface area contributed by atoms with E-state index in [1.54, 1.807) is 12.1 Å². The Hall–Kier alpha value is -3.38. The molecule has 0 radical (unpaired) electrons. The van der Waals surface area contributed by atoms with E-state index in [1.807, 2.05) is 23.7 Å². The van der Waals surface area contributed by atoms with Gasteiger partial charge < -0.3 is 0 Å². The number of fused-ring (bicyclic) bond motifs is 2. The molecule has 0 saturated carbocycles. The zero-order valence-corrected chi connectivity index (χ0v) is 18.3. The predicted molar refractivity (Wildman–Crippen MR) is 126 cm³/mol. The average Bonchev–Trinajstić information content (AvgIpc) is 3.12. The highest BCUT2D eigenvalue weighted by atomic mass is 32.2. The van der Waals surface area contributed by atoms with Gasteiger partial charge >= 0.3 is 0 Å². The Balaban J connectivity index is 1.70. The minimum Gasteiger partial charge on any atom is -0.284 e. The molecule has 0 aliphatic heterocycles. The van der Waals surface area contributed by atoms with Crippen molar-refractivity contribution in [3.05, 3.63) is 89.6 Å². The SMILES string of the molecule is Cc1cc(-c2c3c(cc4ccccc24)CC=CC3)n(-c2ccc(NS(C)(=O)=O)cc2)n1. The van der Waals surface area contributed by atoms with Gasteiger partial charge in [0, 0.05) is 11.3 Å². The standard InChI is InChI=1S/C25H23N3O2S/c1-17-15-24(28(26-17)21-13-11-20(12-14-21)27-31(2,29)30)25-22-9-5-3-7-18(22)16-19-8-4-6-10-23(19)25/h3-7,9,11-16,27H,8,10H2,1-2H3. The largest absolute Gasteiger partial charge is 0.284 e. The highest BCUT2D eigenvalue weighted by Crippen LogP contribution is 2.38.